The minimum atomic E-state index is -0.332. The second-order valence-electron chi connectivity index (χ2n) is 4.79. The Morgan fingerprint density at radius 2 is 2.19 bits per heavy atom. The third-order valence-corrected chi connectivity index (χ3v) is 4.70. The molecule has 0 saturated heterocycles. The van der Waals surface area contributed by atoms with E-state index in [1.165, 1.54) is 32.1 Å². The Hall–Kier alpha value is -0.710. The number of amides is 1. The van der Waals surface area contributed by atoms with Gasteiger partial charge in [0.1, 0.15) is 0 Å². The van der Waals surface area contributed by atoms with E-state index in [0.717, 1.165) is 17.5 Å². The number of carbonyl (C=O) groups is 1. The van der Waals surface area contributed by atoms with Crippen molar-refractivity contribution in [2.24, 2.45) is 16.1 Å². The first-order chi connectivity index (χ1) is 7.70. The van der Waals surface area contributed by atoms with Crippen molar-refractivity contribution in [3.63, 3.8) is 0 Å². The summed E-state index contributed by atoms with van der Waals surface area (Å²) in [5.74, 6) is 0.804. The molecule has 16 heavy (non-hydrogen) atoms. The molecule has 2 aliphatic rings. The third kappa shape index (κ3) is 2.90. The van der Waals surface area contributed by atoms with E-state index < -0.39 is 0 Å². The number of rotatable bonds is 2. The molecule has 0 atom stereocenters. The highest BCUT2D eigenvalue weighted by Gasteiger charge is 2.34. The van der Waals surface area contributed by atoms with Crippen molar-refractivity contribution in [2.45, 2.75) is 32.1 Å². The summed E-state index contributed by atoms with van der Waals surface area (Å²) >= 11 is 1.74. The van der Waals surface area contributed by atoms with Gasteiger partial charge in [-0.25, -0.2) is 0 Å². The van der Waals surface area contributed by atoms with Gasteiger partial charge in [-0.3, -0.25) is 9.79 Å². The van der Waals surface area contributed by atoms with Crippen molar-refractivity contribution in [2.75, 3.05) is 18.8 Å². The molecule has 0 radical (unpaired) electrons. The van der Waals surface area contributed by atoms with Crippen LogP contribution in [0.15, 0.2) is 4.99 Å². The SMILES string of the molecule is NC(=O)CNC1=NCC2(CCCCC2)CS1. The molecule has 5 heteroatoms. The van der Waals surface area contributed by atoms with Crippen LogP contribution in [-0.2, 0) is 4.79 Å². The van der Waals surface area contributed by atoms with Gasteiger partial charge in [-0.05, 0) is 18.3 Å². The van der Waals surface area contributed by atoms with Crippen LogP contribution in [0.1, 0.15) is 32.1 Å². The summed E-state index contributed by atoms with van der Waals surface area (Å²) in [7, 11) is 0. The van der Waals surface area contributed by atoms with Crippen LogP contribution in [0.25, 0.3) is 0 Å². The fraction of sp³-hybridized carbons (Fsp3) is 0.818. The summed E-state index contributed by atoms with van der Waals surface area (Å²) in [5, 5.41) is 3.87. The molecule has 1 fully saturated rings. The van der Waals surface area contributed by atoms with Gasteiger partial charge in [-0.1, -0.05) is 31.0 Å². The lowest BCUT2D eigenvalue weighted by Gasteiger charge is -2.38. The van der Waals surface area contributed by atoms with Crippen molar-refractivity contribution in [1.82, 2.24) is 5.32 Å². The summed E-state index contributed by atoms with van der Waals surface area (Å²) in [4.78, 5) is 15.2. The van der Waals surface area contributed by atoms with Gasteiger partial charge in [0.2, 0.25) is 5.91 Å². The zero-order chi connectivity index (χ0) is 11.4. The predicted molar refractivity (Wildman–Crippen MR) is 67.5 cm³/mol. The molecule has 0 aromatic heterocycles. The van der Waals surface area contributed by atoms with Gasteiger partial charge in [0.15, 0.2) is 5.17 Å². The Bertz CT molecular complexity index is 298. The van der Waals surface area contributed by atoms with Crippen LogP contribution in [-0.4, -0.2) is 29.9 Å². The van der Waals surface area contributed by atoms with Crippen LogP contribution in [0.5, 0.6) is 0 Å². The molecule has 1 heterocycles. The molecule has 1 spiro atoms. The number of carbonyl (C=O) groups excluding carboxylic acids is 1. The van der Waals surface area contributed by atoms with Crippen molar-refractivity contribution < 1.29 is 4.79 Å². The van der Waals surface area contributed by atoms with Gasteiger partial charge in [0, 0.05) is 12.3 Å². The van der Waals surface area contributed by atoms with Gasteiger partial charge in [0.05, 0.1) is 6.54 Å². The first kappa shape index (κ1) is 11.8. The van der Waals surface area contributed by atoms with Crippen LogP contribution in [0.2, 0.25) is 0 Å². The van der Waals surface area contributed by atoms with E-state index in [4.69, 9.17) is 5.73 Å². The van der Waals surface area contributed by atoms with E-state index in [1.807, 2.05) is 0 Å². The molecule has 0 bridgehead atoms. The summed E-state index contributed by atoms with van der Waals surface area (Å²) < 4.78 is 0. The van der Waals surface area contributed by atoms with Gasteiger partial charge in [0.25, 0.3) is 0 Å². The maximum atomic E-state index is 10.6. The molecular weight excluding hydrogens is 222 g/mol. The minimum Gasteiger partial charge on any atom is -0.368 e. The van der Waals surface area contributed by atoms with Crippen LogP contribution in [0, 0.1) is 5.41 Å². The van der Waals surface area contributed by atoms with Crippen LogP contribution in [0.3, 0.4) is 0 Å². The molecule has 0 unspecified atom stereocenters. The largest absolute Gasteiger partial charge is 0.368 e. The molecule has 90 valence electrons. The van der Waals surface area contributed by atoms with Crippen molar-refractivity contribution in [3.8, 4) is 0 Å². The zero-order valence-corrected chi connectivity index (χ0v) is 10.3. The predicted octanol–water partition coefficient (Wildman–Crippen LogP) is 1.11. The fourth-order valence-corrected chi connectivity index (χ4v) is 3.58. The number of nitrogens with two attached hydrogens (primary N) is 1. The molecule has 1 aliphatic heterocycles. The number of hydrogen-bond acceptors (Lipinski definition) is 4. The molecule has 2 rings (SSSR count). The quantitative estimate of drug-likeness (QED) is 0.761. The first-order valence-corrected chi connectivity index (χ1v) is 6.88. The lowest BCUT2D eigenvalue weighted by molar-refractivity contribution is -0.116. The normalized spacial score (nSPS) is 23.9. The van der Waals surface area contributed by atoms with E-state index >= 15 is 0 Å². The summed E-state index contributed by atoms with van der Waals surface area (Å²) in [6, 6.07) is 0. The minimum absolute atomic E-state index is 0.193. The Balaban J connectivity index is 1.86. The third-order valence-electron chi connectivity index (χ3n) is 3.40. The molecule has 1 saturated carbocycles. The van der Waals surface area contributed by atoms with Gasteiger partial charge in [-0.15, -0.1) is 0 Å². The monoisotopic (exact) mass is 241 g/mol. The standard InChI is InChI=1S/C11H19N3OS/c12-9(15)6-13-10-14-7-11(8-16-10)4-2-1-3-5-11/h1-8H2,(H2,12,15)(H,13,14). The number of primary amides is 1. The van der Waals surface area contributed by atoms with E-state index in [9.17, 15) is 4.79 Å². The maximum Gasteiger partial charge on any atom is 0.236 e. The molecular formula is C11H19N3OS. The zero-order valence-electron chi connectivity index (χ0n) is 9.50. The average molecular weight is 241 g/mol. The highest BCUT2D eigenvalue weighted by Crippen LogP contribution is 2.41. The molecule has 1 amide bonds. The van der Waals surface area contributed by atoms with E-state index in [0.29, 0.717) is 5.41 Å². The molecule has 0 aromatic carbocycles. The smallest absolute Gasteiger partial charge is 0.236 e. The van der Waals surface area contributed by atoms with E-state index in [1.54, 1.807) is 11.8 Å². The average Bonchev–Trinajstić information content (AvgIpc) is 2.29. The van der Waals surface area contributed by atoms with Gasteiger partial charge < -0.3 is 11.1 Å². The molecule has 3 N–H and O–H groups in total. The Morgan fingerprint density at radius 3 is 2.75 bits per heavy atom. The second-order valence-corrected chi connectivity index (χ2v) is 5.75. The number of nitrogens with one attached hydrogen (secondary N) is 1. The van der Waals surface area contributed by atoms with Crippen LogP contribution in [0.4, 0.5) is 0 Å². The van der Waals surface area contributed by atoms with Gasteiger partial charge >= 0.3 is 0 Å². The topological polar surface area (TPSA) is 67.5 Å². The summed E-state index contributed by atoms with van der Waals surface area (Å²) in [6.45, 7) is 1.11. The molecule has 0 aromatic rings. The number of amidine groups is 1. The molecule has 4 nitrogen and oxygen atoms in total. The summed E-state index contributed by atoms with van der Waals surface area (Å²) in [5.41, 5.74) is 5.53. The van der Waals surface area contributed by atoms with E-state index in [2.05, 4.69) is 10.3 Å². The van der Waals surface area contributed by atoms with E-state index in [-0.39, 0.29) is 12.5 Å². The Labute approximate surface area is 100 Å². The number of thioether (sulfide) groups is 1. The Kier molecular flexibility index (Phi) is 3.74. The van der Waals surface area contributed by atoms with Crippen LogP contribution >= 0.6 is 11.8 Å². The number of nitrogens with zero attached hydrogens (tertiary/aromatic N) is 1. The van der Waals surface area contributed by atoms with Crippen LogP contribution < -0.4 is 11.1 Å². The summed E-state index contributed by atoms with van der Waals surface area (Å²) in [6.07, 6.45) is 6.70. The van der Waals surface area contributed by atoms with Crippen molar-refractivity contribution >= 4 is 22.8 Å². The van der Waals surface area contributed by atoms with Gasteiger partial charge in [-0.2, -0.15) is 0 Å². The van der Waals surface area contributed by atoms with Crippen molar-refractivity contribution in [1.29, 1.82) is 0 Å². The Morgan fingerprint density at radius 1 is 1.44 bits per heavy atom. The number of hydrogen-bond donors (Lipinski definition) is 2. The second kappa shape index (κ2) is 5.08. The van der Waals surface area contributed by atoms with Crippen molar-refractivity contribution in [3.05, 3.63) is 0 Å². The number of aliphatic imine (C=N–C) groups is 1. The first-order valence-electron chi connectivity index (χ1n) is 5.90. The maximum absolute atomic E-state index is 10.6. The lowest BCUT2D eigenvalue weighted by atomic mass is 9.75. The highest BCUT2D eigenvalue weighted by molar-refractivity contribution is 8.13. The molecule has 1 aliphatic carbocycles. The lowest BCUT2D eigenvalue weighted by Crippen LogP contribution is -2.39. The highest BCUT2D eigenvalue weighted by atomic mass is 32.2. The fourth-order valence-electron chi connectivity index (χ4n) is 2.43.